The molecule has 0 fully saturated rings. The molecule has 0 bridgehead atoms. The molecule has 30 heavy (non-hydrogen) atoms. The third-order valence-electron chi connectivity index (χ3n) is 5.10. The van der Waals surface area contributed by atoms with E-state index in [-0.39, 0.29) is 17.2 Å². The van der Waals surface area contributed by atoms with Gasteiger partial charge in [0.2, 0.25) is 5.17 Å². The van der Waals surface area contributed by atoms with Crippen molar-refractivity contribution < 1.29 is 9.18 Å². The predicted octanol–water partition coefficient (Wildman–Crippen LogP) is 5.04. The highest BCUT2D eigenvalue weighted by Crippen LogP contribution is 2.31. The Morgan fingerprint density at radius 3 is 2.67 bits per heavy atom. The van der Waals surface area contributed by atoms with E-state index in [1.807, 2.05) is 24.5 Å². The average Bonchev–Trinajstić information content (AvgIpc) is 3.24. The lowest BCUT2D eigenvalue weighted by Crippen LogP contribution is -2.35. The Balaban J connectivity index is 1.68. The Morgan fingerprint density at radius 2 is 1.97 bits per heavy atom. The van der Waals surface area contributed by atoms with Crippen molar-refractivity contribution in [3.63, 3.8) is 0 Å². The Morgan fingerprint density at radius 1 is 1.23 bits per heavy atom. The maximum atomic E-state index is 13.3. The zero-order valence-corrected chi connectivity index (χ0v) is 17.9. The second-order valence-electron chi connectivity index (χ2n) is 7.26. The third kappa shape index (κ3) is 3.63. The molecule has 0 aliphatic carbocycles. The van der Waals surface area contributed by atoms with Crippen LogP contribution in [0, 0.1) is 25.1 Å². The predicted molar refractivity (Wildman–Crippen MR) is 120 cm³/mol. The summed E-state index contributed by atoms with van der Waals surface area (Å²) in [6, 6.07) is 8.21. The number of hydrazone groups is 1. The average molecular weight is 424 g/mol. The van der Waals surface area contributed by atoms with Crippen LogP contribution in [0.3, 0.4) is 0 Å². The van der Waals surface area contributed by atoms with E-state index in [1.165, 1.54) is 28.9 Å². The molecule has 0 radical (unpaired) electrons. The molecule has 6 nitrogen and oxygen atoms in total. The number of thioether (sulfide) groups is 1. The van der Waals surface area contributed by atoms with Crippen LogP contribution >= 0.6 is 11.8 Å². The van der Waals surface area contributed by atoms with Gasteiger partial charge in [-0.3, -0.25) is 10.2 Å². The number of nitrogens with zero attached hydrogens (tertiary/aromatic N) is 4. The number of aromatic nitrogens is 1. The standard InChI is InChI=1S/C22H22FN5OS/c1-4-5-6-19-26-28-20(24)18(21(29)25-22(28)30-19)12-15-11-13(2)27(14(15)3)17-9-7-16(23)8-10-17/h7-12,24H,4-6H2,1-3H3. The van der Waals surface area contributed by atoms with Gasteiger partial charge >= 0.3 is 0 Å². The zero-order valence-electron chi connectivity index (χ0n) is 17.1. The van der Waals surface area contributed by atoms with E-state index in [2.05, 4.69) is 17.0 Å². The van der Waals surface area contributed by atoms with E-state index >= 15 is 0 Å². The summed E-state index contributed by atoms with van der Waals surface area (Å²) >= 11 is 1.36. The van der Waals surface area contributed by atoms with Crippen LogP contribution in [0.15, 0.2) is 46.0 Å². The molecule has 0 saturated carbocycles. The smallest absolute Gasteiger partial charge is 0.283 e. The molecule has 2 aliphatic rings. The maximum absolute atomic E-state index is 13.3. The Labute approximate surface area is 178 Å². The summed E-state index contributed by atoms with van der Waals surface area (Å²) in [5.41, 5.74) is 3.69. The molecule has 4 rings (SSSR count). The zero-order chi connectivity index (χ0) is 21.4. The van der Waals surface area contributed by atoms with Crippen LogP contribution < -0.4 is 0 Å². The summed E-state index contributed by atoms with van der Waals surface area (Å²) in [6.07, 6.45) is 4.57. The number of carbonyl (C=O) groups excluding carboxylic acids is 1. The largest absolute Gasteiger partial charge is 0.318 e. The topological polar surface area (TPSA) is 73.8 Å². The number of halogens is 1. The lowest BCUT2D eigenvalue weighted by Gasteiger charge is -2.20. The van der Waals surface area contributed by atoms with E-state index < -0.39 is 5.91 Å². The number of hydrogen-bond donors (Lipinski definition) is 1. The first-order valence-corrected chi connectivity index (χ1v) is 10.6. The molecular formula is C22H22FN5OS. The van der Waals surface area contributed by atoms with Crippen molar-refractivity contribution >= 4 is 39.8 Å². The second-order valence-corrected chi connectivity index (χ2v) is 8.30. The monoisotopic (exact) mass is 423 g/mol. The molecule has 1 aromatic heterocycles. The van der Waals surface area contributed by atoms with E-state index in [1.54, 1.807) is 18.2 Å². The van der Waals surface area contributed by atoms with Crippen LogP contribution in [0.4, 0.5) is 4.39 Å². The second kappa shape index (κ2) is 8.02. The minimum atomic E-state index is -0.433. The summed E-state index contributed by atoms with van der Waals surface area (Å²) in [4.78, 5) is 16.8. The van der Waals surface area contributed by atoms with Crippen LogP contribution in [0.25, 0.3) is 11.8 Å². The first-order chi connectivity index (χ1) is 14.4. The molecule has 2 aromatic rings. The van der Waals surface area contributed by atoms with Crippen molar-refractivity contribution in [1.29, 1.82) is 5.41 Å². The molecule has 0 spiro atoms. The van der Waals surface area contributed by atoms with Crippen LogP contribution in [0.1, 0.15) is 43.1 Å². The number of aryl methyl sites for hydroxylation is 1. The lowest BCUT2D eigenvalue weighted by atomic mass is 10.1. The summed E-state index contributed by atoms with van der Waals surface area (Å²) in [6.45, 7) is 5.99. The van der Waals surface area contributed by atoms with Crippen LogP contribution in [0.2, 0.25) is 0 Å². The van der Waals surface area contributed by atoms with E-state index in [0.29, 0.717) is 5.17 Å². The SMILES string of the molecule is CCCCC1=NN2C(=N)C(=Cc3cc(C)n(-c4ccc(F)cc4)c3C)C(=O)N=C2S1. The molecule has 1 amide bonds. The van der Waals surface area contributed by atoms with E-state index in [9.17, 15) is 9.18 Å². The molecule has 154 valence electrons. The number of carbonyl (C=O) groups is 1. The molecule has 1 aromatic carbocycles. The highest BCUT2D eigenvalue weighted by atomic mass is 32.2. The minimum absolute atomic E-state index is 0.0376. The van der Waals surface area contributed by atoms with Gasteiger partial charge < -0.3 is 4.57 Å². The molecule has 0 saturated heterocycles. The van der Waals surface area contributed by atoms with Crippen molar-refractivity contribution in [2.24, 2.45) is 10.1 Å². The van der Waals surface area contributed by atoms with Crippen LogP contribution in [-0.4, -0.2) is 31.5 Å². The van der Waals surface area contributed by atoms with Gasteiger partial charge in [0.1, 0.15) is 10.9 Å². The Bertz CT molecular complexity index is 1130. The normalized spacial score (nSPS) is 17.5. The molecule has 0 atom stereocenters. The summed E-state index contributed by atoms with van der Waals surface area (Å²) in [5, 5.41) is 15.8. The maximum Gasteiger partial charge on any atom is 0.283 e. The number of rotatable bonds is 5. The molecular weight excluding hydrogens is 401 g/mol. The lowest BCUT2D eigenvalue weighted by molar-refractivity contribution is -0.114. The molecule has 3 heterocycles. The summed E-state index contributed by atoms with van der Waals surface area (Å²) in [5.74, 6) is -0.686. The fourth-order valence-corrected chi connectivity index (χ4v) is 4.46. The third-order valence-corrected chi connectivity index (χ3v) is 6.06. The van der Waals surface area contributed by atoms with Gasteiger partial charge in [-0.1, -0.05) is 13.3 Å². The molecule has 1 N–H and O–H groups in total. The van der Waals surface area contributed by atoms with Crippen molar-refractivity contribution in [2.75, 3.05) is 0 Å². The van der Waals surface area contributed by atoms with Crippen molar-refractivity contribution in [2.45, 2.75) is 40.0 Å². The van der Waals surface area contributed by atoms with Crippen molar-refractivity contribution in [3.05, 3.63) is 58.7 Å². The van der Waals surface area contributed by atoms with Gasteiger partial charge in [0.05, 0.1) is 5.57 Å². The fraction of sp³-hybridized carbons (Fsp3) is 0.273. The number of nitrogens with one attached hydrogen (secondary N) is 1. The van der Waals surface area contributed by atoms with Gasteiger partial charge in [0.15, 0.2) is 5.84 Å². The summed E-state index contributed by atoms with van der Waals surface area (Å²) < 4.78 is 15.3. The van der Waals surface area contributed by atoms with Gasteiger partial charge in [0, 0.05) is 17.1 Å². The first-order valence-electron chi connectivity index (χ1n) is 9.83. The van der Waals surface area contributed by atoms with Gasteiger partial charge in [-0.25, -0.2) is 4.39 Å². The van der Waals surface area contributed by atoms with Gasteiger partial charge in [-0.2, -0.15) is 15.1 Å². The van der Waals surface area contributed by atoms with Crippen molar-refractivity contribution in [1.82, 2.24) is 9.58 Å². The first kappa shape index (κ1) is 20.3. The van der Waals surface area contributed by atoms with Gasteiger partial charge in [-0.05, 0) is 80.4 Å². The molecule has 0 unspecified atom stereocenters. The Kier molecular flexibility index (Phi) is 5.42. The van der Waals surface area contributed by atoms with E-state index in [0.717, 1.165) is 46.9 Å². The fourth-order valence-electron chi connectivity index (χ4n) is 3.54. The van der Waals surface area contributed by atoms with Crippen LogP contribution in [-0.2, 0) is 4.79 Å². The van der Waals surface area contributed by atoms with E-state index in [4.69, 9.17) is 5.41 Å². The van der Waals surface area contributed by atoms with Crippen LogP contribution in [0.5, 0.6) is 0 Å². The highest BCUT2D eigenvalue weighted by Gasteiger charge is 2.35. The van der Waals surface area contributed by atoms with Crippen molar-refractivity contribution in [3.8, 4) is 5.69 Å². The number of amides is 1. The van der Waals surface area contributed by atoms with Gasteiger partial charge in [0.25, 0.3) is 5.91 Å². The molecule has 8 heteroatoms. The quantitative estimate of drug-likeness (QED) is 0.685. The highest BCUT2D eigenvalue weighted by molar-refractivity contribution is 8.26. The number of unbranched alkanes of at least 4 members (excludes halogenated alkanes) is 1. The minimum Gasteiger partial charge on any atom is -0.318 e. The number of fused-ring (bicyclic) bond motifs is 1. The summed E-state index contributed by atoms with van der Waals surface area (Å²) in [7, 11) is 0. The molecule has 2 aliphatic heterocycles. The number of hydrogen-bond acceptors (Lipinski definition) is 4. The number of amidine groups is 2. The Hall–Kier alpha value is -3.00. The van der Waals surface area contributed by atoms with Gasteiger partial charge in [-0.15, -0.1) is 0 Å². The number of benzene rings is 1. The number of aliphatic imine (C=N–C) groups is 1.